The molecule has 0 saturated heterocycles. The molecule has 0 aliphatic heterocycles. The van der Waals surface area contributed by atoms with Gasteiger partial charge in [0, 0.05) is 40.1 Å². The number of nitrogens with two attached hydrogens (primary N) is 1. The summed E-state index contributed by atoms with van der Waals surface area (Å²) in [6.45, 7) is 2.24. The molecule has 1 aromatic heterocycles. The van der Waals surface area contributed by atoms with Gasteiger partial charge in [-0.2, -0.15) is 0 Å². The van der Waals surface area contributed by atoms with E-state index in [0.29, 0.717) is 0 Å². The van der Waals surface area contributed by atoms with Gasteiger partial charge in [0.2, 0.25) is 0 Å². The Hall–Kier alpha value is -1.77. The van der Waals surface area contributed by atoms with Crippen LogP contribution < -0.4 is 11.1 Å². The third-order valence-electron chi connectivity index (χ3n) is 3.29. The Labute approximate surface area is 94.7 Å². The Morgan fingerprint density at radius 2 is 2.06 bits per heavy atom. The van der Waals surface area contributed by atoms with E-state index in [-0.39, 0.29) is 5.54 Å². The lowest BCUT2D eigenvalue weighted by atomic mass is 10.1. The second kappa shape index (κ2) is 3.11. The summed E-state index contributed by atoms with van der Waals surface area (Å²) in [6, 6.07) is 5.96. The van der Waals surface area contributed by atoms with Gasteiger partial charge in [-0.3, -0.25) is 4.98 Å². The topological polar surface area (TPSA) is 50.9 Å². The van der Waals surface area contributed by atoms with Crippen molar-refractivity contribution >= 4 is 22.1 Å². The zero-order valence-corrected chi connectivity index (χ0v) is 9.33. The first kappa shape index (κ1) is 9.46. The molecular formula is C13H15N3. The average molecular weight is 213 g/mol. The predicted octanol–water partition coefficient (Wildman–Crippen LogP) is 2.78. The molecule has 1 heterocycles. The van der Waals surface area contributed by atoms with Crippen LogP contribution in [0, 0.1) is 0 Å². The summed E-state index contributed by atoms with van der Waals surface area (Å²) < 4.78 is 0. The van der Waals surface area contributed by atoms with Gasteiger partial charge in [0.25, 0.3) is 0 Å². The average Bonchev–Trinajstić information content (AvgIpc) is 3.01. The molecule has 16 heavy (non-hydrogen) atoms. The smallest absolute Gasteiger partial charge is 0.0441 e. The normalized spacial score (nSPS) is 17.3. The molecule has 3 heteroatoms. The molecule has 1 aromatic carbocycles. The predicted molar refractivity (Wildman–Crippen MR) is 67.4 cm³/mol. The van der Waals surface area contributed by atoms with E-state index in [1.807, 2.05) is 24.4 Å². The lowest BCUT2D eigenvalue weighted by molar-refractivity contribution is 0.831. The molecular weight excluding hydrogens is 198 g/mol. The summed E-state index contributed by atoms with van der Waals surface area (Å²) >= 11 is 0. The Kier molecular flexibility index (Phi) is 1.84. The van der Waals surface area contributed by atoms with E-state index in [1.165, 1.54) is 12.8 Å². The van der Waals surface area contributed by atoms with Crippen molar-refractivity contribution in [3.63, 3.8) is 0 Å². The fourth-order valence-electron chi connectivity index (χ4n) is 1.96. The highest BCUT2D eigenvalue weighted by molar-refractivity contribution is 6.00. The van der Waals surface area contributed by atoms with Crippen molar-refractivity contribution in [2.75, 3.05) is 11.1 Å². The van der Waals surface area contributed by atoms with Crippen molar-refractivity contribution in [3.05, 3.63) is 30.6 Å². The van der Waals surface area contributed by atoms with Crippen LogP contribution in [0.15, 0.2) is 30.6 Å². The van der Waals surface area contributed by atoms with Crippen LogP contribution in [0.25, 0.3) is 10.8 Å². The molecule has 3 N–H and O–H groups in total. The lowest BCUT2D eigenvalue weighted by Crippen LogP contribution is -2.16. The summed E-state index contributed by atoms with van der Waals surface area (Å²) in [6.07, 6.45) is 6.12. The SMILES string of the molecule is CC1(Nc2ccc(N)c3ccncc23)CC1. The number of nitrogen functional groups attached to an aromatic ring is 1. The number of benzene rings is 1. The van der Waals surface area contributed by atoms with Gasteiger partial charge in [0.15, 0.2) is 0 Å². The molecule has 82 valence electrons. The molecule has 0 spiro atoms. The fraction of sp³-hybridized carbons (Fsp3) is 0.308. The number of nitrogens with one attached hydrogen (secondary N) is 1. The number of nitrogens with zero attached hydrogens (tertiary/aromatic N) is 1. The van der Waals surface area contributed by atoms with Gasteiger partial charge in [0.1, 0.15) is 0 Å². The van der Waals surface area contributed by atoms with E-state index in [9.17, 15) is 0 Å². The first-order valence-electron chi connectivity index (χ1n) is 5.58. The summed E-state index contributed by atoms with van der Waals surface area (Å²) in [5, 5.41) is 5.75. The standard InChI is InChI=1S/C13H15N3/c1-13(5-6-13)16-12-3-2-11(14)9-4-7-15-8-10(9)12/h2-4,7-8,16H,5-6,14H2,1H3. The van der Waals surface area contributed by atoms with Crippen LogP contribution in [-0.2, 0) is 0 Å². The van der Waals surface area contributed by atoms with Crippen LogP contribution in [0.5, 0.6) is 0 Å². The molecule has 1 saturated carbocycles. The number of rotatable bonds is 2. The highest BCUT2D eigenvalue weighted by atomic mass is 15.0. The minimum Gasteiger partial charge on any atom is -0.398 e. The van der Waals surface area contributed by atoms with Crippen molar-refractivity contribution in [2.24, 2.45) is 0 Å². The maximum absolute atomic E-state index is 5.95. The minimum absolute atomic E-state index is 0.277. The number of fused-ring (bicyclic) bond motifs is 1. The third-order valence-corrected chi connectivity index (χ3v) is 3.29. The number of aromatic nitrogens is 1. The fourth-order valence-corrected chi connectivity index (χ4v) is 1.96. The van der Waals surface area contributed by atoms with E-state index < -0.39 is 0 Å². The first-order valence-corrected chi connectivity index (χ1v) is 5.58. The van der Waals surface area contributed by atoms with Crippen molar-refractivity contribution in [1.82, 2.24) is 4.98 Å². The maximum atomic E-state index is 5.95. The molecule has 0 unspecified atom stereocenters. The van der Waals surface area contributed by atoms with Gasteiger partial charge in [-0.15, -0.1) is 0 Å². The van der Waals surface area contributed by atoms with E-state index in [1.54, 1.807) is 6.20 Å². The monoisotopic (exact) mass is 213 g/mol. The van der Waals surface area contributed by atoms with Crippen LogP contribution in [0.1, 0.15) is 19.8 Å². The van der Waals surface area contributed by atoms with Gasteiger partial charge in [-0.1, -0.05) is 0 Å². The maximum Gasteiger partial charge on any atom is 0.0441 e. The molecule has 0 bridgehead atoms. The Balaban J connectivity index is 2.14. The Morgan fingerprint density at radius 1 is 1.25 bits per heavy atom. The molecule has 2 aromatic rings. The number of pyridine rings is 1. The van der Waals surface area contributed by atoms with Crippen molar-refractivity contribution in [2.45, 2.75) is 25.3 Å². The van der Waals surface area contributed by atoms with Gasteiger partial charge in [0.05, 0.1) is 0 Å². The molecule has 0 atom stereocenters. The van der Waals surface area contributed by atoms with E-state index in [2.05, 4.69) is 17.2 Å². The highest BCUT2D eigenvalue weighted by Gasteiger charge is 2.37. The molecule has 1 aliphatic rings. The van der Waals surface area contributed by atoms with Crippen molar-refractivity contribution in [1.29, 1.82) is 0 Å². The highest BCUT2D eigenvalue weighted by Crippen LogP contribution is 2.40. The summed E-state index contributed by atoms with van der Waals surface area (Å²) in [7, 11) is 0. The number of hydrogen-bond donors (Lipinski definition) is 2. The van der Waals surface area contributed by atoms with Crippen molar-refractivity contribution in [3.8, 4) is 0 Å². The molecule has 1 aliphatic carbocycles. The molecule has 0 radical (unpaired) electrons. The largest absolute Gasteiger partial charge is 0.398 e. The summed E-state index contributed by atoms with van der Waals surface area (Å²) in [5.74, 6) is 0. The quantitative estimate of drug-likeness (QED) is 0.754. The van der Waals surface area contributed by atoms with Gasteiger partial charge < -0.3 is 11.1 Å². The summed E-state index contributed by atoms with van der Waals surface area (Å²) in [4.78, 5) is 4.17. The lowest BCUT2D eigenvalue weighted by Gasteiger charge is -2.15. The third kappa shape index (κ3) is 1.48. The van der Waals surface area contributed by atoms with Crippen LogP contribution in [0.2, 0.25) is 0 Å². The summed E-state index contributed by atoms with van der Waals surface area (Å²) in [5.41, 5.74) is 8.17. The van der Waals surface area contributed by atoms with Crippen LogP contribution in [-0.4, -0.2) is 10.5 Å². The number of hydrogen-bond acceptors (Lipinski definition) is 3. The van der Waals surface area contributed by atoms with Crippen LogP contribution in [0.4, 0.5) is 11.4 Å². The van der Waals surface area contributed by atoms with Gasteiger partial charge >= 0.3 is 0 Å². The first-order chi connectivity index (χ1) is 7.68. The van der Waals surface area contributed by atoms with Gasteiger partial charge in [-0.25, -0.2) is 0 Å². The van der Waals surface area contributed by atoms with E-state index >= 15 is 0 Å². The van der Waals surface area contributed by atoms with Crippen LogP contribution in [0.3, 0.4) is 0 Å². The van der Waals surface area contributed by atoms with Crippen molar-refractivity contribution < 1.29 is 0 Å². The molecule has 0 amide bonds. The molecule has 1 fully saturated rings. The molecule has 3 rings (SSSR count). The van der Waals surface area contributed by atoms with Crippen LogP contribution >= 0.6 is 0 Å². The molecule has 3 nitrogen and oxygen atoms in total. The zero-order valence-electron chi connectivity index (χ0n) is 9.33. The Morgan fingerprint density at radius 3 is 2.81 bits per heavy atom. The van der Waals surface area contributed by atoms with E-state index in [4.69, 9.17) is 5.73 Å². The second-order valence-electron chi connectivity index (χ2n) is 4.81. The zero-order chi connectivity index (χ0) is 11.2. The van der Waals surface area contributed by atoms with E-state index in [0.717, 1.165) is 22.1 Å². The minimum atomic E-state index is 0.277. The van der Waals surface area contributed by atoms with Gasteiger partial charge in [-0.05, 0) is 38.0 Å². The second-order valence-corrected chi connectivity index (χ2v) is 4.81. The number of anilines is 2. The Bertz CT molecular complexity index is 544.